The van der Waals surface area contributed by atoms with Crippen LogP contribution >= 0.6 is 23.2 Å². The van der Waals surface area contributed by atoms with Gasteiger partial charge in [-0.25, -0.2) is 13.6 Å². The molecule has 1 heterocycles. The van der Waals surface area contributed by atoms with Crippen LogP contribution in [0.5, 0.6) is 5.95 Å². The predicted octanol–water partition coefficient (Wildman–Crippen LogP) is 4.67. The summed E-state index contributed by atoms with van der Waals surface area (Å²) in [6.45, 7) is 1.84. The number of sulfonamides is 1. The van der Waals surface area contributed by atoms with Gasteiger partial charge in [-0.2, -0.15) is 0 Å². The van der Waals surface area contributed by atoms with E-state index in [2.05, 4.69) is 5.16 Å². The molecule has 0 aliphatic rings. The van der Waals surface area contributed by atoms with Crippen molar-refractivity contribution < 1.29 is 22.5 Å². The van der Waals surface area contributed by atoms with Crippen LogP contribution in [-0.2, 0) is 14.8 Å². The average Bonchev–Trinajstić information content (AvgIpc) is 3.07. The molecule has 0 fully saturated rings. The zero-order valence-electron chi connectivity index (χ0n) is 15.2. The molecule has 152 valence electrons. The lowest BCUT2D eigenvalue weighted by Gasteiger charge is -2.07. The van der Waals surface area contributed by atoms with E-state index < -0.39 is 16.0 Å². The highest BCUT2D eigenvalue weighted by Gasteiger charge is 2.23. The maximum absolute atomic E-state index is 12.0. The quantitative estimate of drug-likeness (QED) is 0.541. The second kappa shape index (κ2) is 8.54. The number of carbonyl (C=O) groups excluding carboxylic acids is 1. The van der Waals surface area contributed by atoms with Gasteiger partial charge in [0, 0.05) is 12.0 Å². The van der Waals surface area contributed by atoms with Crippen LogP contribution in [0.15, 0.2) is 51.9 Å². The summed E-state index contributed by atoms with van der Waals surface area (Å²) >= 11 is 12.1. The number of benzene rings is 2. The third-order valence-corrected chi connectivity index (χ3v) is 5.65. The Balaban J connectivity index is 2.14. The summed E-state index contributed by atoms with van der Waals surface area (Å²) in [4.78, 5) is 11.9. The Bertz CT molecular complexity index is 1160. The van der Waals surface area contributed by atoms with Gasteiger partial charge in [0.1, 0.15) is 5.69 Å². The van der Waals surface area contributed by atoms with Gasteiger partial charge in [-0.3, -0.25) is 4.79 Å². The second-order valence-corrected chi connectivity index (χ2v) is 8.49. The maximum Gasteiger partial charge on any atom is 0.327 e. The molecule has 0 saturated carbocycles. The molecular formula is C19H16Cl2N2O5S. The van der Waals surface area contributed by atoms with Gasteiger partial charge in [-0.1, -0.05) is 53.5 Å². The Hall–Kier alpha value is -2.39. The van der Waals surface area contributed by atoms with E-state index in [-0.39, 0.29) is 17.3 Å². The Kier molecular flexibility index (Phi) is 6.28. The van der Waals surface area contributed by atoms with Gasteiger partial charge >= 0.3 is 11.9 Å². The first-order valence-electron chi connectivity index (χ1n) is 8.49. The number of ether oxygens (including phenoxy) is 1. The minimum atomic E-state index is -3.85. The molecule has 0 radical (unpaired) electrons. The zero-order valence-corrected chi connectivity index (χ0v) is 17.5. The van der Waals surface area contributed by atoms with Crippen molar-refractivity contribution in [3.8, 4) is 28.3 Å². The number of nitrogens with two attached hydrogens (primary N) is 1. The van der Waals surface area contributed by atoms with E-state index in [0.29, 0.717) is 38.9 Å². The number of aromatic nitrogens is 1. The molecule has 0 amide bonds. The fourth-order valence-electron chi connectivity index (χ4n) is 2.61. The average molecular weight is 455 g/mol. The minimum Gasteiger partial charge on any atom is -0.391 e. The first kappa shape index (κ1) is 21.3. The van der Waals surface area contributed by atoms with E-state index in [1.807, 2.05) is 6.92 Å². The number of nitrogens with zero attached hydrogens (tertiary/aromatic N) is 1. The normalized spacial score (nSPS) is 11.4. The van der Waals surface area contributed by atoms with Crippen LogP contribution < -0.4 is 9.88 Å². The van der Waals surface area contributed by atoms with Gasteiger partial charge in [-0.15, -0.1) is 0 Å². The van der Waals surface area contributed by atoms with Crippen LogP contribution in [0.4, 0.5) is 0 Å². The first-order valence-corrected chi connectivity index (χ1v) is 10.8. The molecule has 0 spiro atoms. The van der Waals surface area contributed by atoms with Crippen molar-refractivity contribution in [1.82, 2.24) is 5.16 Å². The van der Waals surface area contributed by atoms with Crippen LogP contribution in [0.1, 0.15) is 19.8 Å². The van der Waals surface area contributed by atoms with Crippen LogP contribution in [-0.4, -0.2) is 19.5 Å². The topological polar surface area (TPSA) is 112 Å². The standard InChI is InChI=1S/C19H16Cl2N2O5S/c1-2-3-16(24)27-19-17(11-4-7-13(8-5-11)29(22,25)26)18(23-28-19)12-6-9-14(20)15(21)10-12/h4-10H,2-3H2,1H3,(H2,22,25,26). The summed E-state index contributed by atoms with van der Waals surface area (Å²) in [6, 6.07) is 10.6. The number of hydrogen-bond acceptors (Lipinski definition) is 6. The van der Waals surface area contributed by atoms with Gasteiger partial charge in [0.05, 0.1) is 20.5 Å². The highest BCUT2D eigenvalue weighted by molar-refractivity contribution is 7.89. The fraction of sp³-hybridized carbons (Fsp3) is 0.158. The summed E-state index contributed by atoms with van der Waals surface area (Å²) in [6.07, 6.45) is 0.803. The van der Waals surface area contributed by atoms with Crippen molar-refractivity contribution in [3.63, 3.8) is 0 Å². The molecule has 0 aliphatic carbocycles. The lowest BCUT2D eigenvalue weighted by atomic mass is 10.0. The van der Waals surface area contributed by atoms with E-state index in [1.165, 1.54) is 24.3 Å². The van der Waals surface area contributed by atoms with Gasteiger partial charge in [-0.05, 0) is 36.2 Å². The van der Waals surface area contributed by atoms with Crippen molar-refractivity contribution >= 4 is 39.2 Å². The molecule has 2 N–H and O–H groups in total. The summed E-state index contributed by atoms with van der Waals surface area (Å²) in [7, 11) is -3.85. The summed E-state index contributed by atoms with van der Waals surface area (Å²) in [5.41, 5.74) is 1.81. The maximum atomic E-state index is 12.0. The van der Waals surface area contributed by atoms with E-state index in [1.54, 1.807) is 18.2 Å². The van der Waals surface area contributed by atoms with Crippen LogP contribution in [0.25, 0.3) is 22.4 Å². The summed E-state index contributed by atoms with van der Waals surface area (Å²) in [5, 5.41) is 9.85. The van der Waals surface area contributed by atoms with Gasteiger partial charge in [0.25, 0.3) is 0 Å². The third kappa shape index (κ3) is 4.79. The van der Waals surface area contributed by atoms with Crippen molar-refractivity contribution in [2.75, 3.05) is 0 Å². The Morgan fingerprint density at radius 3 is 2.34 bits per heavy atom. The van der Waals surface area contributed by atoms with Crippen LogP contribution in [0.2, 0.25) is 10.0 Å². The van der Waals surface area contributed by atoms with Crippen molar-refractivity contribution in [1.29, 1.82) is 0 Å². The number of carbonyl (C=O) groups is 1. The number of esters is 1. The van der Waals surface area contributed by atoms with Crippen molar-refractivity contribution in [2.24, 2.45) is 5.14 Å². The number of rotatable bonds is 6. The van der Waals surface area contributed by atoms with E-state index in [4.69, 9.17) is 37.6 Å². The number of primary sulfonamides is 1. The minimum absolute atomic E-state index is 0.0571. The van der Waals surface area contributed by atoms with E-state index >= 15 is 0 Å². The molecule has 0 aliphatic heterocycles. The first-order chi connectivity index (χ1) is 13.7. The Morgan fingerprint density at radius 1 is 1.10 bits per heavy atom. The molecule has 0 saturated heterocycles. The molecule has 0 bridgehead atoms. The summed E-state index contributed by atoms with van der Waals surface area (Å²) in [5.74, 6) is -0.584. The highest BCUT2D eigenvalue weighted by Crippen LogP contribution is 2.41. The monoisotopic (exact) mass is 454 g/mol. The smallest absolute Gasteiger partial charge is 0.327 e. The van der Waals surface area contributed by atoms with Crippen LogP contribution in [0, 0.1) is 0 Å². The molecule has 3 aromatic rings. The molecule has 10 heteroatoms. The molecule has 0 atom stereocenters. The van der Waals surface area contributed by atoms with Gasteiger partial charge in [0.15, 0.2) is 0 Å². The van der Waals surface area contributed by atoms with Gasteiger partial charge in [0.2, 0.25) is 10.0 Å². The zero-order chi connectivity index (χ0) is 21.2. The molecular weight excluding hydrogens is 439 g/mol. The second-order valence-electron chi connectivity index (χ2n) is 6.12. The molecule has 0 unspecified atom stereocenters. The molecule has 2 aromatic carbocycles. The summed E-state index contributed by atoms with van der Waals surface area (Å²) < 4.78 is 33.6. The highest BCUT2D eigenvalue weighted by atomic mass is 35.5. The lowest BCUT2D eigenvalue weighted by molar-refractivity contribution is -0.135. The van der Waals surface area contributed by atoms with E-state index in [9.17, 15) is 13.2 Å². The fourth-order valence-corrected chi connectivity index (χ4v) is 3.42. The Labute approximate surface area is 177 Å². The number of halogens is 2. The number of hydrogen-bond donors (Lipinski definition) is 1. The largest absolute Gasteiger partial charge is 0.391 e. The third-order valence-electron chi connectivity index (χ3n) is 3.99. The molecule has 7 nitrogen and oxygen atoms in total. The SMILES string of the molecule is CCCC(=O)Oc1onc(-c2ccc(Cl)c(Cl)c2)c1-c1ccc(S(N)(=O)=O)cc1. The lowest BCUT2D eigenvalue weighted by Crippen LogP contribution is -2.11. The van der Waals surface area contributed by atoms with Gasteiger partial charge < -0.3 is 9.26 Å². The Morgan fingerprint density at radius 2 is 1.76 bits per heavy atom. The van der Waals surface area contributed by atoms with Crippen LogP contribution in [0.3, 0.4) is 0 Å². The van der Waals surface area contributed by atoms with Crippen molar-refractivity contribution in [3.05, 3.63) is 52.5 Å². The van der Waals surface area contributed by atoms with E-state index in [0.717, 1.165) is 0 Å². The van der Waals surface area contributed by atoms with Crippen molar-refractivity contribution in [2.45, 2.75) is 24.7 Å². The predicted molar refractivity (Wildman–Crippen MR) is 109 cm³/mol. The molecule has 1 aromatic heterocycles. The molecule has 29 heavy (non-hydrogen) atoms. The molecule has 3 rings (SSSR count).